The number of hydrogen-bond acceptors (Lipinski definition) is 3. The average Bonchev–Trinajstić information content (AvgIpc) is 2.78. The second-order valence-corrected chi connectivity index (χ2v) is 7.41. The second kappa shape index (κ2) is 7.29. The highest BCUT2D eigenvalue weighted by Crippen LogP contribution is 2.28. The van der Waals surface area contributed by atoms with Crippen LogP contribution < -0.4 is 4.74 Å². The van der Waals surface area contributed by atoms with Crippen LogP contribution in [0.1, 0.15) is 15.2 Å². The van der Waals surface area contributed by atoms with Gasteiger partial charge < -0.3 is 9.64 Å². The first-order valence-electron chi connectivity index (χ1n) is 6.37. The Kier molecular flexibility index (Phi) is 5.67. The minimum absolute atomic E-state index is 0.00324. The highest BCUT2D eigenvalue weighted by atomic mass is 79.9. The molecule has 1 aromatic carbocycles. The number of nitrogens with zero attached hydrogens (tertiary/aromatic N) is 1. The maximum atomic E-state index is 12.2. The van der Waals surface area contributed by atoms with Gasteiger partial charge in [0, 0.05) is 12.1 Å². The third-order valence-electron chi connectivity index (χ3n) is 2.91. The van der Waals surface area contributed by atoms with Gasteiger partial charge in [0.15, 0.2) is 0 Å². The van der Waals surface area contributed by atoms with Crippen LogP contribution in [0.25, 0.3) is 0 Å². The van der Waals surface area contributed by atoms with Crippen molar-refractivity contribution < 1.29 is 9.53 Å². The lowest BCUT2D eigenvalue weighted by Crippen LogP contribution is -2.30. The molecule has 1 aromatic heterocycles. The smallest absolute Gasteiger partial charge is 0.263 e. The number of carbonyl (C=O) groups excluding carboxylic acids is 1. The van der Waals surface area contributed by atoms with Gasteiger partial charge in [-0.2, -0.15) is 0 Å². The van der Waals surface area contributed by atoms with Crippen molar-refractivity contribution in [3.8, 4) is 5.75 Å². The first kappa shape index (κ1) is 16.3. The summed E-state index contributed by atoms with van der Waals surface area (Å²) < 4.78 is 6.58. The molecule has 3 nitrogen and oxygen atoms in total. The SMILES string of the molecule is Cc1cc(C(=O)N(C)CCOc2cccc(Cl)c2)sc1Br. The molecule has 6 heteroatoms. The molecule has 0 bridgehead atoms. The van der Waals surface area contributed by atoms with E-state index in [0.29, 0.717) is 23.9 Å². The first-order chi connectivity index (χ1) is 9.97. The lowest BCUT2D eigenvalue weighted by molar-refractivity contribution is 0.0778. The van der Waals surface area contributed by atoms with Crippen LogP contribution in [-0.2, 0) is 0 Å². The Labute approximate surface area is 141 Å². The summed E-state index contributed by atoms with van der Waals surface area (Å²) in [5.74, 6) is 0.710. The van der Waals surface area contributed by atoms with E-state index in [9.17, 15) is 4.79 Å². The molecule has 112 valence electrons. The number of benzene rings is 1. The lowest BCUT2D eigenvalue weighted by Gasteiger charge is -2.16. The van der Waals surface area contributed by atoms with Crippen molar-refractivity contribution in [2.75, 3.05) is 20.2 Å². The number of carbonyl (C=O) groups is 1. The van der Waals surface area contributed by atoms with Gasteiger partial charge in [0.2, 0.25) is 0 Å². The van der Waals surface area contributed by atoms with E-state index in [1.807, 2.05) is 25.1 Å². The van der Waals surface area contributed by atoms with Gasteiger partial charge >= 0.3 is 0 Å². The highest BCUT2D eigenvalue weighted by Gasteiger charge is 2.15. The number of thiophene rings is 1. The number of rotatable bonds is 5. The number of hydrogen-bond donors (Lipinski definition) is 0. The zero-order chi connectivity index (χ0) is 15.4. The zero-order valence-electron chi connectivity index (χ0n) is 11.7. The Morgan fingerprint density at radius 2 is 2.19 bits per heavy atom. The van der Waals surface area contributed by atoms with Crippen molar-refractivity contribution >= 4 is 44.8 Å². The molecule has 21 heavy (non-hydrogen) atoms. The maximum Gasteiger partial charge on any atom is 0.263 e. The summed E-state index contributed by atoms with van der Waals surface area (Å²) in [6.07, 6.45) is 0. The Morgan fingerprint density at radius 3 is 2.81 bits per heavy atom. The Bertz CT molecular complexity index is 625. The quantitative estimate of drug-likeness (QED) is 0.748. The largest absolute Gasteiger partial charge is 0.492 e. The monoisotopic (exact) mass is 387 g/mol. The zero-order valence-corrected chi connectivity index (χ0v) is 14.9. The molecule has 0 aliphatic heterocycles. The van der Waals surface area contributed by atoms with Crippen LogP contribution in [-0.4, -0.2) is 31.0 Å². The van der Waals surface area contributed by atoms with Crippen molar-refractivity contribution in [1.29, 1.82) is 0 Å². The molecule has 2 aromatic rings. The summed E-state index contributed by atoms with van der Waals surface area (Å²) in [7, 11) is 1.77. The first-order valence-corrected chi connectivity index (χ1v) is 8.36. The minimum Gasteiger partial charge on any atom is -0.492 e. The molecule has 0 N–H and O–H groups in total. The molecule has 0 atom stereocenters. The molecule has 0 saturated heterocycles. The molecule has 0 fully saturated rings. The van der Waals surface area contributed by atoms with E-state index in [-0.39, 0.29) is 5.91 Å². The number of amides is 1. The molecular formula is C15H15BrClNO2S. The normalized spacial score (nSPS) is 10.5. The van der Waals surface area contributed by atoms with Gasteiger partial charge in [-0.15, -0.1) is 11.3 Å². The molecule has 0 aliphatic carbocycles. The van der Waals surface area contributed by atoms with Crippen LogP contribution in [0.4, 0.5) is 0 Å². The molecule has 1 amide bonds. The fraction of sp³-hybridized carbons (Fsp3) is 0.267. The van der Waals surface area contributed by atoms with E-state index in [1.54, 1.807) is 24.1 Å². The molecule has 0 aliphatic rings. The number of halogens is 2. The summed E-state index contributed by atoms with van der Waals surface area (Å²) in [6.45, 7) is 2.91. The number of likely N-dealkylation sites (N-methyl/N-ethyl adjacent to an activating group) is 1. The fourth-order valence-electron chi connectivity index (χ4n) is 1.71. The molecule has 0 radical (unpaired) electrons. The molecule has 0 saturated carbocycles. The second-order valence-electron chi connectivity index (χ2n) is 4.60. The molecule has 2 rings (SSSR count). The third-order valence-corrected chi connectivity index (χ3v) is 5.27. The average molecular weight is 389 g/mol. The van der Waals surface area contributed by atoms with Gasteiger partial charge in [-0.05, 0) is 52.7 Å². The van der Waals surface area contributed by atoms with Crippen LogP contribution >= 0.6 is 38.9 Å². The van der Waals surface area contributed by atoms with Gasteiger partial charge in [0.05, 0.1) is 15.2 Å². The maximum absolute atomic E-state index is 12.2. The van der Waals surface area contributed by atoms with E-state index >= 15 is 0 Å². The van der Waals surface area contributed by atoms with E-state index in [0.717, 1.165) is 14.2 Å². The molecule has 0 unspecified atom stereocenters. The Balaban J connectivity index is 1.87. The van der Waals surface area contributed by atoms with Gasteiger partial charge in [0.25, 0.3) is 5.91 Å². The van der Waals surface area contributed by atoms with E-state index in [1.165, 1.54) is 11.3 Å². The van der Waals surface area contributed by atoms with E-state index in [2.05, 4.69) is 15.9 Å². The van der Waals surface area contributed by atoms with Crippen molar-refractivity contribution in [3.63, 3.8) is 0 Å². The van der Waals surface area contributed by atoms with Crippen LogP contribution in [0.3, 0.4) is 0 Å². The fourth-order valence-corrected chi connectivity index (χ4v) is 3.42. The number of aryl methyl sites for hydroxylation is 1. The minimum atomic E-state index is 0.00324. The summed E-state index contributed by atoms with van der Waals surface area (Å²) >= 11 is 10.8. The van der Waals surface area contributed by atoms with Crippen molar-refractivity contribution in [2.24, 2.45) is 0 Å². The van der Waals surface area contributed by atoms with Gasteiger partial charge in [-0.25, -0.2) is 0 Å². The summed E-state index contributed by atoms with van der Waals surface area (Å²) in [6, 6.07) is 9.11. The van der Waals surface area contributed by atoms with E-state index in [4.69, 9.17) is 16.3 Å². The van der Waals surface area contributed by atoms with E-state index < -0.39 is 0 Å². The highest BCUT2D eigenvalue weighted by molar-refractivity contribution is 9.11. The van der Waals surface area contributed by atoms with Crippen LogP contribution in [0.5, 0.6) is 5.75 Å². The third kappa shape index (κ3) is 4.46. The van der Waals surface area contributed by atoms with Crippen LogP contribution in [0.15, 0.2) is 34.1 Å². The van der Waals surface area contributed by atoms with Crippen molar-refractivity contribution in [2.45, 2.75) is 6.92 Å². The summed E-state index contributed by atoms with van der Waals surface area (Å²) in [4.78, 5) is 14.6. The summed E-state index contributed by atoms with van der Waals surface area (Å²) in [5, 5.41) is 0.635. The molecular weight excluding hydrogens is 374 g/mol. The Morgan fingerprint density at radius 1 is 1.43 bits per heavy atom. The van der Waals surface area contributed by atoms with Crippen LogP contribution in [0, 0.1) is 6.92 Å². The van der Waals surface area contributed by atoms with Crippen molar-refractivity contribution in [3.05, 3.63) is 49.6 Å². The number of ether oxygens (including phenoxy) is 1. The molecule has 1 heterocycles. The Hall–Kier alpha value is -1.04. The van der Waals surface area contributed by atoms with Gasteiger partial charge in [-0.3, -0.25) is 4.79 Å². The standard InChI is InChI=1S/C15H15BrClNO2S/c1-10-8-13(21-14(10)16)15(19)18(2)6-7-20-12-5-3-4-11(17)9-12/h3-5,8-9H,6-7H2,1-2H3. The molecule has 0 spiro atoms. The van der Waals surface area contributed by atoms with Crippen molar-refractivity contribution in [1.82, 2.24) is 4.90 Å². The van der Waals surface area contributed by atoms with Gasteiger partial charge in [0.1, 0.15) is 12.4 Å². The summed E-state index contributed by atoms with van der Waals surface area (Å²) in [5.41, 5.74) is 1.08. The predicted molar refractivity (Wildman–Crippen MR) is 90.7 cm³/mol. The van der Waals surface area contributed by atoms with Gasteiger partial charge in [-0.1, -0.05) is 17.7 Å². The van der Waals surface area contributed by atoms with Crippen LogP contribution in [0.2, 0.25) is 5.02 Å². The lowest BCUT2D eigenvalue weighted by atomic mass is 10.3. The predicted octanol–water partition coefficient (Wildman–Crippen LogP) is 4.62. The topological polar surface area (TPSA) is 29.5 Å².